The third-order valence-corrected chi connectivity index (χ3v) is 3.96. The van der Waals surface area contributed by atoms with Gasteiger partial charge >= 0.3 is 0 Å². The van der Waals surface area contributed by atoms with Gasteiger partial charge in [-0.05, 0) is 25.7 Å². The maximum absolute atomic E-state index is 11.9. The second kappa shape index (κ2) is 6.24. The Hall–Kier alpha value is -0.570. The summed E-state index contributed by atoms with van der Waals surface area (Å²) in [5.41, 5.74) is 5.75. The Labute approximate surface area is 99.2 Å². The van der Waals surface area contributed by atoms with Crippen LogP contribution in [0.25, 0.3) is 0 Å². The summed E-state index contributed by atoms with van der Waals surface area (Å²) in [5.74, 6) is 0.706. The predicted molar refractivity (Wildman–Crippen MR) is 67.0 cm³/mol. The first-order chi connectivity index (χ1) is 7.56. The van der Waals surface area contributed by atoms with Crippen molar-refractivity contribution in [1.82, 2.24) is 5.32 Å². The number of amides is 1. The predicted octanol–water partition coefficient (Wildman–Crippen LogP) is 2.05. The molecule has 1 saturated carbocycles. The van der Waals surface area contributed by atoms with Crippen molar-refractivity contribution in [3.05, 3.63) is 0 Å². The largest absolute Gasteiger partial charge is 0.353 e. The quantitative estimate of drug-likeness (QED) is 0.771. The minimum absolute atomic E-state index is 0.0660. The average molecular weight is 226 g/mol. The number of hydrogen-bond acceptors (Lipinski definition) is 2. The normalized spacial score (nSPS) is 29.5. The maximum Gasteiger partial charge on any atom is 0.224 e. The number of nitrogens with two attached hydrogens (primary N) is 1. The Morgan fingerprint density at radius 3 is 2.56 bits per heavy atom. The molecule has 0 saturated heterocycles. The van der Waals surface area contributed by atoms with Crippen LogP contribution in [0.1, 0.15) is 52.9 Å². The van der Waals surface area contributed by atoms with Gasteiger partial charge < -0.3 is 11.1 Å². The van der Waals surface area contributed by atoms with Crippen molar-refractivity contribution in [3.8, 4) is 0 Å². The van der Waals surface area contributed by atoms with Gasteiger partial charge in [0, 0.05) is 18.0 Å². The minimum Gasteiger partial charge on any atom is -0.353 e. The molecule has 3 N–H and O–H groups in total. The van der Waals surface area contributed by atoms with Gasteiger partial charge in [-0.25, -0.2) is 0 Å². The van der Waals surface area contributed by atoms with Gasteiger partial charge in [0.15, 0.2) is 0 Å². The molecule has 1 aliphatic carbocycles. The first-order valence-corrected chi connectivity index (χ1v) is 6.62. The second-order valence-corrected chi connectivity index (χ2v) is 5.22. The van der Waals surface area contributed by atoms with Gasteiger partial charge in [-0.1, -0.05) is 33.1 Å². The molecular weight excluding hydrogens is 200 g/mol. The highest BCUT2D eigenvalue weighted by Crippen LogP contribution is 2.27. The van der Waals surface area contributed by atoms with Crippen molar-refractivity contribution in [2.45, 2.75) is 65.0 Å². The van der Waals surface area contributed by atoms with Crippen molar-refractivity contribution < 1.29 is 4.79 Å². The topological polar surface area (TPSA) is 55.1 Å². The van der Waals surface area contributed by atoms with E-state index in [1.54, 1.807) is 0 Å². The monoisotopic (exact) mass is 226 g/mol. The van der Waals surface area contributed by atoms with Crippen LogP contribution in [0, 0.1) is 11.8 Å². The van der Waals surface area contributed by atoms with Crippen molar-refractivity contribution in [2.24, 2.45) is 17.6 Å². The van der Waals surface area contributed by atoms with E-state index in [0.29, 0.717) is 12.0 Å². The van der Waals surface area contributed by atoms with Crippen molar-refractivity contribution in [1.29, 1.82) is 0 Å². The summed E-state index contributed by atoms with van der Waals surface area (Å²) in [6.45, 7) is 6.01. The lowest BCUT2D eigenvalue weighted by Gasteiger charge is -2.32. The Balaban J connectivity index is 2.48. The van der Waals surface area contributed by atoms with Gasteiger partial charge in [-0.15, -0.1) is 0 Å². The van der Waals surface area contributed by atoms with Crippen molar-refractivity contribution >= 4 is 5.91 Å². The van der Waals surface area contributed by atoms with Gasteiger partial charge in [-0.3, -0.25) is 4.79 Å². The number of carbonyl (C=O) groups is 1. The fourth-order valence-electron chi connectivity index (χ4n) is 2.44. The molecular formula is C13H26N2O. The van der Waals surface area contributed by atoms with Crippen LogP contribution in [-0.4, -0.2) is 18.0 Å². The Kier molecular flexibility index (Phi) is 5.26. The Morgan fingerprint density at radius 1 is 1.38 bits per heavy atom. The molecule has 16 heavy (non-hydrogen) atoms. The maximum atomic E-state index is 11.9. The summed E-state index contributed by atoms with van der Waals surface area (Å²) in [5, 5.41) is 3.18. The molecule has 0 aromatic heterocycles. The van der Waals surface area contributed by atoms with Crippen molar-refractivity contribution in [3.63, 3.8) is 0 Å². The minimum atomic E-state index is -0.0839. The van der Waals surface area contributed by atoms with E-state index in [-0.39, 0.29) is 17.9 Å². The number of rotatable bonds is 4. The van der Waals surface area contributed by atoms with E-state index in [9.17, 15) is 4.79 Å². The zero-order chi connectivity index (χ0) is 12.1. The molecule has 4 unspecified atom stereocenters. The molecule has 4 atom stereocenters. The fourth-order valence-corrected chi connectivity index (χ4v) is 2.44. The van der Waals surface area contributed by atoms with Crippen LogP contribution < -0.4 is 11.1 Å². The molecule has 0 aliphatic heterocycles. The highest BCUT2D eigenvalue weighted by Gasteiger charge is 2.27. The van der Waals surface area contributed by atoms with Gasteiger partial charge in [0.05, 0.1) is 0 Å². The van der Waals surface area contributed by atoms with Crippen LogP contribution in [0.3, 0.4) is 0 Å². The molecule has 0 aromatic rings. The summed E-state index contributed by atoms with van der Waals surface area (Å²) >= 11 is 0. The molecule has 0 heterocycles. The molecule has 1 aliphatic rings. The average Bonchev–Trinajstić information content (AvgIpc) is 2.28. The van der Waals surface area contributed by atoms with Gasteiger partial charge in [-0.2, -0.15) is 0 Å². The molecule has 1 fully saturated rings. The first kappa shape index (κ1) is 13.5. The van der Waals surface area contributed by atoms with Crippen molar-refractivity contribution in [2.75, 3.05) is 0 Å². The molecule has 1 amide bonds. The first-order valence-electron chi connectivity index (χ1n) is 6.62. The van der Waals surface area contributed by atoms with E-state index in [4.69, 9.17) is 5.73 Å². The molecule has 0 spiro atoms. The Bertz CT molecular complexity index is 228. The van der Waals surface area contributed by atoms with E-state index < -0.39 is 0 Å². The highest BCUT2D eigenvalue weighted by molar-refractivity contribution is 5.79. The zero-order valence-electron chi connectivity index (χ0n) is 10.8. The van der Waals surface area contributed by atoms with E-state index in [1.165, 1.54) is 19.3 Å². The highest BCUT2D eigenvalue weighted by atomic mass is 16.1. The van der Waals surface area contributed by atoms with Gasteiger partial charge in [0.1, 0.15) is 0 Å². The smallest absolute Gasteiger partial charge is 0.224 e. The molecule has 0 aromatic carbocycles. The number of nitrogens with one attached hydrogen (secondary N) is 1. The zero-order valence-corrected chi connectivity index (χ0v) is 10.8. The lowest BCUT2D eigenvalue weighted by atomic mass is 9.82. The van der Waals surface area contributed by atoms with Crippen LogP contribution in [0.5, 0.6) is 0 Å². The summed E-state index contributed by atoms with van der Waals surface area (Å²) in [6, 6.07) is 0.316. The summed E-state index contributed by atoms with van der Waals surface area (Å²) in [6.07, 6.45) is 6.11. The van der Waals surface area contributed by atoms with Crippen LogP contribution in [0.15, 0.2) is 0 Å². The summed E-state index contributed by atoms with van der Waals surface area (Å²) < 4.78 is 0. The third-order valence-electron chi connectivity index (χ3n) is 3.96. The van der Waals surface area contributed by atoms with Crippen LogP contribution in [0.4, 0.5) is 0 Å². The third kappa shape index (κ3) is 3.48. The lowest BCUT2D eigenvalue weighted by molar-refractivity contribution is -0.126. The van der Waals surface area contributed by atoms with Crippen LogP contribution >= 0.6 is 0 Å². The van der Waals surface area contributed by atoms with E-state index in [1.807, 2.05) is 13.8 Å². The summed E-state index contributed by atoms with van der Waals surface area (Å²) in [4.78, 5) is 11.9. The second-order valence-electron chi connectivity index (χ2n) is 5.22. The number of carbonyl (C=O) groups excluding carboxylic acids is 1. The molecule has 1 rings (SSSR count). The van der Waals surface area contributed by atoms with E-state index in [2.05, 4.69) is 12.2 Å². The Morgan fingerprint density at radius 2 is 2.00 bits per heavy atom. The SMILES string of the molecule is CCC1CCCCC1NC(=O)C(C)C(C)N. The van der Waals surface area contributed by atoms with Gasteiger partial charge in [0.25, 0.3) is 0 Å². The summed E-state index contributed by atoms with van der Waals surface area (Å²) in [7, 11) is 0. The molecule has 0 bridgehead atoms. The van der Waals surface area contributed by atoms with E-state index >= 15 is 0 Å². The fraction of sp³-hybridized carbons (Fsp3) is 0.923. The van der Waals surface area contributed by atoms with Crippen LogP contribution in [-0.2, 0) is 4.79 Å². The molecule has 3 nitrogen and oxygen atoms in total. The van der Waals surface area contributed by atoms with E-state index in [0.717, 1.165) is 12.8 Å². The number of hydrogen-bond donors (Lipinski definition) is 2. The molecule has 0 radical (unpaired) electrons. The van der Waals surface area contributed by atoms with Crippen LogP contribution in [0.2, 0.25) is 0 Å². The lowest BCUT2D eigenvalue weighted by Crippen LogP contribution is -2.47. The molecule has 94 valence electrons. The molecule has 3 heteroatoms. The standard InChI is InChI=1S/C13H26N2O/c1-4-11-7-5-6-8-12(11)15-13(16)9(2)10(3)14/h9-12H,4-8,14H2,1-3H3,(H,15,16). The van der Waals surface area contributed by atoms with Gasteiger partial charge in [0.2, 0.25) is 5.91 Å².